The van der Waals surface area contributed by atoms with E-state index in [0.29, 0.717) is 46.1 Å². The topological polar surface area (TPSA) is 210 Å². The number of pyridine rings is 1. The number of aromatic nitrogens is 2. The first-order chi connectivity index (χ1) is 32.9. The highest BCUT2D eigenvalue weighted by molar-refractivity contribution is 5.97. The number of β-amino-alcohol motifs (C(OH)–C–C–N with tert-alkyl or cyclic N) is 1. The summed E-state index contributed by atoms with van der Waals surface area (Å²) in [6.45, 7) is 2.28. The standard InChI is InChI=1S/C41H44F4N6O7.C8H8FNO.ClH/c1-40(2,39-47-19-35(58-39)24-7-9-27(42)10-8-24)51-14-13-50(31(21-51)38(55)48-23-41(43,44)45)20-28(52)15-26(17-29-16-25-11-12-46-18-34(25)57-29)37(54)49-36-30-5-3-4-6-33(30)56-22-32(36)53;9-7-3-1-6(2-4-7)8(11)5-10;/h3-12,16,18-19,26,28,31-32,36,52-53H,13-15,17,20-23H2,1-2H3,(H,48,55)(H,49,54);1-4H,5,10H2;1H/t26-,28-,31-,32+,36-;;/m0../s1. The van der Waals surface area contributed by atoms with Crippen LogP contribution in [0.5, 0.6) is 5.75 Å². The summed E-state index contributed by atoms with van der Waals surface area (Å²) >= 11 is 0. The van der Waals surface area contributed by atoms with Crippen molar-refractivity contribution >= 4 is 41.0 Å². The number of Topliss-reactive ketones (excluding diaryl/α,β-unsaturated/α-hetero) is 1. The van der Waals surface area contributed by atoms with Gasteiger partial charge in [0.1, 0.15) is 48.4 Å². The van der Waals surface area contributed by atoms with Crippen LogP contribution in [0.3, 0.4) is 0 Å². The second-order valence-electron chi connectivity index (χ2n) is 17.3. The number of ketones is 1. The van der Waals surface area contributed by atoms with Crippen LogP contribution >= 0.6 is 12.4 Å². The lowest BCUT2D eigenvalue weighted by atomic mass is 9.92. The number of rotatable bonds is 15. The number of nitrogens with zero attached hydrogens (tertiary/aromatic N) is 4. The minimum atomic E-state index is -4.66. The summed E-state index contributed by atoms with van der Waals surface area (Å²) in [6, 6.07) is 19.6. The number of ether oxygens (including phenoxy) is 1. The first-order valence-corrected chi connectivity index (χ1v) is 22.1. The highest BCUT2D eigenvalue weighted by Gasteiger charge is 2.43. The number of piperazine rings is 1. The first kappa shape index (κ1) is 53.1. The Morgan fingerprint density at radius 1 is 0.943 bits per heavy atom. The SMILES string of the molecule is CC(C)(c1ncc(-c2ccc(F)cc2)o1)N1CCN(C[C@@H](O)C[C@@H](Cc2cc3ccncc3o2)C(=O)N[C@H]2c3ccccc3OC[C@H]2O)[C@H](C(=O)NCC(F)(F)F)C1.Cl.NCC(=O)c1ccc(F)cc1. The van der Waals surface area contributed by atoms with E-state index in [0.717, 1.165) is 5.39 Å². The van der Waals surface area contributed by atoms with Gasteiger partial charge in [-0.2, -0.15) is 13.2 Å². The zero-order valence-corrected chi connectivity index (χ0v) is 38.9. The molecule has 3 aromatic carbocycles. The smallest absolute Gasteiger partial charge is 0.405 e. The third-order valence-corrected chi connectivity index (χ3v) is 12.1. The van der Waals surface area contributed by atoms with Gasteiger partial charge < -0.3 is 40.2 Å². The first-order valence-electron chi connectivity index (χ1n) is 22.1. The quantitative estimate of drug-likeness (QED) is 0.0580. The van der Waals surface area contributed by atoms with Crippen molar-refractivity contribution in [3.8, 4) is 17.1 Å². The van der Waals surface area contributed by atoms with Crippen LogP contribution in [0.1, 0.15) is 53.9 Å². The number of hydrogen-bond acceptors (Lipinski definition) is 13. The molecule has 21 heteroatoms. The average molecular weight is 998 g/mol. The van der Waals surface area contributed by atoms with Gasteiger partial charge in [0, 0.05) is 66.8 Å². The zero-order chi connectivity index (χ0) is 49.5. The Morgan fingerprint density at radius 2 is 1.64 bits per heavy atom. The van der Waals surface area contributed by atoms with Crippen LogP contribution in [0.4, 0.5) is 22.0 Å². The second-order valence-corrected chi connectivity index (χ2v) is 17.3. The van der Waals surface area contributed by atoms with Crippen molar-refractivity contribution in [2.24, 2.45) is 11.7 Å². The van der Waals surface area contributed by atoms with Gasteiger partial charge in [-0.1, -0.05) is 18.2 Å². The normalized spacial score (nSPS) is 18.3. The molecule has 70 heavy (non-hydrogen) atoms. The van der Waals surface area contributed by atoms with Crippen molar-refractivity contribution in [3.05, 3.63) is 138 Å². The van der Waals surface area contributed by atoms with Crippen molar-refractivity contribution < 1.29 is 60.1 Å². The summed E-state index contributed by atoms with van der Waals surface area (Å²) in [7, 11) is 0. The zero-order valence-electron chi connectivity index (χ0n) is 38.1. The van der Waals surface area contributed by atoms with E-state index in [4.69, 9.17) is 19.3 Å². The van der Waals surface area contributed by atoms with Crippen LogP contribution in [0, 0.1) is 17.6 Å². The molecule has 0 saturated carbocycles. The largest absolute Gasteiger partial charge is 0.490 e. The van der Waals surface area contributed by atoms with E-state index in [1.165, 1.54) is 42.6 Å². The molecule has 1 fully saturated rings. The Morgan fingerprint density at radius 3 is 2.33 bits per heavy atom. The Balaban J connectivity index is 0.000000591. The van der Waals surface area contributed by atoms with Gasteiger partial charge in [0.05, 0.1) is 36.6 Å². The number of fused-ring (bicyclic) bond motifs is 2. The van der Waals surface area contributed by atoms with Crippen LogP contribution in [0.25, 0.3) is 22.3 Å². The number of hydrogen-bond donors (Lipinski definition) is 5. The molecule has 6 N–H and O–H groups in total. The molecular formula is C49H53ClF5N7O8. The molecule has 1 saturated heterocycles. The lowest BCUT2D eigenvalue weighted by Gasteiger charge is -2.46. The monoisotopic (exact) mass is 997 g/mol. The maximum Gasteiger partial charge on any atom is 0.405 e. The van der Waals surface area contributed by atoms with Crippen molar-refractivity contribution in [2.75, 3.05) is 45.9 Å². The molecule has 0 bridgehead atoms. The molecule has 374 valence electrons. The number of benzene rings is 3. The number of oxazole rings is 1. The molecule has 3 aromatic heterocycles. The minimum Gasteiger partial charge on any atom is -0.490 e. The van der Waals surface area contributed by atoms with Gasteiger partial charge in [0.2, 0.25) is 17.7 Å². The fourth-order valence-corrected chi connectivity index (χ4v) is 8.33. The van der Waals surface area contributed by atoms with E-state index in [1.54, 1.807) is 65.8 Å². The predicted octanol–water partition coefficient (Wildman–Crippen LogP) is 6.13. The molecular weight excluding hydrogens is 945 g/mol. The van der Waals surface area contributed by atoms with Gasteiger partial charge in [0.15, 0.2) is 17.1 Å². The van der Waals surface area contributed by atoms with Gasteiger partial charge >= 0.3 is 6.18 Å². The molecule has 2 amide bonds. The highest BCUT2D eigenvalue weighted by atomic mass is 35.5. The number of carbonyl (C=O) groups is 3. The van der Waals surface area contributed by atoms with Gasteiger partial charge in [0.25, 0.3) is 0 Å². The van der Waals surface area contributed by atoms with Crippen LogP contribution < -0.4 is 21.1 Å². The third-order valence-electron chi connectivity index (χ3n) is 12.1. The van der Waals surface area contributed by atoms with E-state index in [9.17, 15) is 46.5 Å². The van der Waals surface area contributed by atoms with Gasteiger partial charge in [-0.05, 0) is 87.0 Å². The fraction of sp³-hybridized carbons (Fsp3) is 0.367. The summed E-state index contributed by atoms with van der Waals surface area (Å²) in [6.07, 6.45) is -2.33. The van der Waals surface area contributed by atoms with E-state index in [1.807, 2.05) is 24.1 Å². The van der Waals surface area contributed by atoms with E-state index in [-0.39, 0.29) is 75.5 Å². The van der Waals surface area contributed by atoms with E-state index >= 15 is 0 Å². The number of nitrogens with two attached hydrogens (primary N) is 1. The lowest BCUT2D eigenvalue weighted by Crippen LogP contribution is -2.63. The molecule has 5 atom stereocenters. The van der Waals surface area contributed by atoms with Crippen molar-refractivity contribution in [1.82, 2.24) is 30.4 Å². The number of carbonyl (C=O) groups excluding carboxylic acids is 3. The molecule has 6 aromatic rings. The van der Waals surface area contributed by atoms with Gasteiger partial charge in [-0.15, -0.1) is 12.4 Å². The van der Waals surface area contributed by atoms with Gasteiger partial charge in [-0.25, -0.2) is 13.8 Å². The second kappa shape index (κ2) is 23.1. The molecule has 0 spiro atoms. The molecule has 0 radical (unpaired) electrons. The Kier molecular flexibility index (Phi) is 17.5. The molecule has 5 heterocycles. The van der Waals surface area contributed by atoms with E-state index < -0.39 is 66.1 Å². The average Bonchev–Trinajstić information content (AvgIpc) is 4.00. The molecule has 0 unspecified atom stereocenters. The van der Waals surface area contributed by atoms with Crippen molar-refractivity contribution in [3.63, 3.8) is 0 Å². The van der Waals surface area contributed by atoms with Crippen LogP contribution in [0.15, 0.2) is 112 Å². The maximum absolute atomic E-state index is 14.1. The van der Waals surface area contributed by atoms with Crippen LogP contribution in [-0.4, -0.2) is 118 Å². The minimum absolute atomic E-state index is 0. The predicted molar refractivity (Wildman–Crippen MR) is 249 cm³/mol. The molecule has 2 aliphatic heterocycles. The number of amides is 2. The number of aliphatic hydroxyl groups is 2. The Hall–Kier alpha value is -6.29. The van der Waals surface area contributed by atoms with E-state index in [2.05, 4.69) is 15.3 Å². The van der Waals surface area contributed by atoms with Crippen molar-refractivity contribution in [2.45, 2.75) is 62.7 Å². The number of alkyl halides is 3. The number of nitrogens with one attached hydrogen (secondary N) is 2. The number of furan rings is 1. The summed E-state index contributed by atoms with van der Waals surface area (Å²) in [4.78, 5) is 50.5. The number of aliphatic hydroxyl groups excluding tert-OH is 2. The maximum atomic E-state index is 14.1. The van der Waals surface area contributed by atoms with Gasteiger partial charge in [-0.3, -0.25) is 29.2 Å². The fourth-order valence-electron chi connectivity index (χ4n) is 8.33. The number of para-hydroxylation sites is 1. The van der Waals surface area contributed by atoms with Crippen LogP contribution in [-0.2, 0) is 21.5 Å². The molecule has 2 aliphatic rings. The molecule has 15 nitrogen and oxygen atoms in total. The molecule has 8 rings (SSSR count). The van der Waals surface area contributed by atoms with Crippen molar-refractivity contribution in [1.29, 1.82) is 0 Å². The summed E-state index contributed by atoms with van der Waals surface area (Å²) in [5.41, 5.74) is 6.31. The Bertz CT molecular complexity index is 2670. The summed E-state index contributed by atoms with van der Waals surface area (Å²) in [5.74, 6) is -1.56. The Labute approximate surface area is 405 Å². The third kappa shape index (κ3) is 13.3. The van der Waals surface area contributed by atoms with Crippen LogP contribution in [0.2, 0.25) is 0 Å². The highest BCUT2D eigenvalue weighted by Crippen LogP contribution is 2.35. The summed E-state index contributed by atoms with van der Waals surface area (Å²) in [5, 5.41) is 28.2. The lowest BCUT2D eigenvalue weighted by molar-refractivity contribution is -0.145. The number of halogens is 6. The molecule has 0 aliphatic carbocycles. The summed E-state index contributed by atoms with van der Waals surface area (Å²) < 4.78 is 83.4.